The van der Waals surface area contributed by atoms with Crippen LogP contribution in [-0.4, -0.2) is 40.0 Å². The summed E-state index contributed by atoms with van der Waals surface area (Å²) in [5.41, 5.74) is 0.964. The predicted octanol–water partition coefficient (Wildman–Crippen LogP) is 2.39. The van der Waals surface area contributed by atoms with Crippen molar-refractivity contribution >= 4 is 23.2 Å². The Morgan fingerprint density at radius 2 is 2.00 bits per heavy atom. The summed E-state index contributed by atoms with van der Waals surface area (Å²) in [5, 5.41) is 10.3. The number of aliphatic carboxylic acids is 1. The highest BCUT2D eigenvalue weighted by molar-refractivity contribution is 7.13. The Kier molecular flexibility index (Phi) is 3.94. The van der Waals surface area contributed by atoms with Gasteiger partial charge in [0.05, 0.1) is 17.1 Å². The summed E-state index contributed by atoms with van der Waals surface area (Å²) in [6, 6.07) is 9.53. The van der Waals surface area contributed by atoms with Gasteiger partial charge in [0.15, 0.2) is 0 Å². The van der Waals surface area contributed by atoms with Gasteiger partial charge in [-0.25, -0.2) is 4.98 Å². The highest BCUT2D eigenvalue weighted by Crippen LogP contribution is 2.34. The fourth-order valence-corrected chi connectivity index (χ4v) is 3.62. The van der Waals surface area contributed by atoms with E-state index in [0.29, 0.717) is 11.4 Å². The van der Waals surface area contributed by atoms with Crippen LogP contribution in [0, 0.1) is 12.8 Å². The van der Waals surface area contributed by atoms with Gasteiger partial charge in [0.1, 0.15) is 4.88 Å². The molecule has 6 heteroatoms. The van der Waals surface area contributed by atoms with E-state index in [9.17, 15) is 14.7 Å². The van der Waals surface area contributed by atoms with E-state index in [2.05, 4.69) is 4.98 Å². The summed E-state index contributed by atoms with van der Waals surface area (Å²) >= 11 is 1.34. The zero-order chi connectivity index (χ0) is 15.7. The summed E-state index contributed by atoms with van der Waals surface area (Å²) in [6.07, 6.45) is 1.56. The molecule has 3 rings (SSSR count). The molecule has 0 spiro atoms. The zero-order valence-corrected chi connectivity index (χ0v) is 12.9. The zero-order valence-electron chi connectivity index (χ0n) is 12.1. The van der Waals surface area contributed by atoms with Gasteiger partial charge >= 0.3 is 5.97 Å². The minimum Gasteiger partial charge on any atom is -0.481 e. The van der Waals surface area contributed by atoms with Crippen LogP contribution in [0.2, 0.25) is 0 Å². The highest BCUT2D eigenvalue weighted by atomic mass is 32.1. The molecule has 5 nitrogen and oxygen atoms in total. The van der Waals surface area contributed by atoms with Crippen molar-refractivity contribution in [3.63, 3.8) is 0 Å². The van der Waals surface area contributed by atoms with Crippen LogP contribution in [-0.2, 0) is 4.79 Å². The number of carboxylic acid groups (broad SMARTS) is 1. The summed E-state index contributed by atoms with van der Waals surface area (Å²) in [4.78, 5) is 30.3. The molecule has 1 N–H and O–H groups in total. The number of likely N-dealkylation sites (tertiary alicyclic amines) is 1. The Hall–Kier alpha value is -2.21. The molecule has 0 bridgehead atoms. The smallest absolute Gasteiger partial charge is 0.308 e. The van der Waals surface area contributed by atoms with Gasteiger partial charge in [-0.15, -0.1) is 11.3 Å². The van der Waals surface area contributed by atoms with Gasteiger partial charge < -0.3 is 10.0 Å². The lowest BCUT2D eigenvalue weighted by Crippen LogP contribution is -2.29. The second-order valence-corrected chi connectivity index (χ2v) is 6.65. The van der Waals surface area contributed by atoms with Crippen LogP contribution in [0.25, 0.3) is 0 Å². The number of rotatable bonds is 3. The minimum atomic E-state index is -0.857. The Labute approximate surface area is 132 Å². The number of carbonyl (C=O) groups excluding carboxylic acids is 1. The molecule has 0 unspecified atom stereocenters. The first-order valence-corrected chi connectivity index (χ1v) is 7.87. The van der Waals surface area contributed by atoms with Crippen LogP contribution in [0.4, 0.5) is 0 Å². The maximum Gasteiger partial charge on any atom is 0.308 e. The Balaban J connectivity index is 1.84. The topological polar surface area (TPSA) is 70.5 Å². The van der Waals surface area contributed by atoms with Crippen molar-refractivity contribution < 1.29 is 14.7 Å². The minimum absolute atomic E-state index is 0.129. The van der Waals surface area contributed by atoms with Crippen LogP contribution in [0.3, 0.4) is 0 Å². The SMILES string of the molecule is Cc1ncc(C(=O)N2C[C@H](C(=O)O)[C@H](c3ccccc3)C2)s1. The third-order valence-corrected chi connectivity index (χ3v) is 4.88. The molecule has 1 fully saturated rings. The fraction of sp³-hybridized carbons (Fsp3) is 0.312. The molecule has 2 heterocycles. The molecule has 114 valence electrons. The molecule has 1 aliphatic rings. The van der Waals surface area contributed by atoms with E-state index in [1.54, 1.807) is 11.1 Å². The number of hydrogen-bond acceptors (Lipinski definition) is 4. The number of aromatic nitrogens is 1. The van der Waals surface area contributed by atoms with E-state index in [-0.39, 0.29) is 18.4 Å². The van der Waals surface area contributed by atoms with E-state index in [1.165, 1.54) is 11.3 Å². The Morgan fingerprint density at radius 1 is 1.27 bits per heavy atom. The van der Waals surface area contributed by atoms with Gasteiger partial charge in [0.25, 0.3) is 5.91 Å². The first-order chi connectivity index (χ1) is 10.6. The maximum absolute atomic E-state index is 12.5. The third kappa shape index (κ3) is 2.74. The molecule has 1 aromatic carbocycles. The lowest BCUT2D eigenvalue weighted by atomic mass is 9.89. The van der Waals surface area contributed by atoms with Gasteiger partial charge in [-0.05, 0) is 12.5 Å². The molecular formula is C16H16N2O3S. The summed E-state index contributed by atoms with van der Waals surface area (Å²) < 4.78 is 0. The molecule has 1 aromatic heterocycles. The lowest BCUT2D eigenvalue weighted by molar-refractivity contribution is -0.141. The molecule has 0 saturated carbocycles. The van der Waals surface area contributed by atoms with Crippen molar-refractivity contribution in [3.05, 3.63) is 52.0 Å². The number of benzene rings is 1. The summed E-state index contributed by atoms with van der Waals surface area (Å²) in [6.45, 7) is 2.51. The lowest BCUT2D eigenvalue weighted by Gasteiger charge is -2.15. The fourth-order valence-electron chi connectivity index (χ4n) is 2.87. The second kappa shape index (κ2) is 5.88. The average Bonchev–Trinajstić information content (AvgIpc) is 3.14. The van der Waals surface area contributed by atoms with Gasteiger partial charge in [0.2, 0.25) is 0 Å². The molecule has 2 atom stereocenters. The van der Waals surface area contributed by atoms with E-state index in [0.717, 1.165) is 10.6 Å². The van der Waals surface area contributed by atoms with Crippen LogP contribution >= 0.6 is 11.3 Å². The second-order valence-electron chi connectivity index (χ2n) is 5.42. The standard InChI is InChI=1S/C16H16N2O3S/c1-10-17-7-14(22-10)15(19)18-8-12(13(9-18)16(20)21)11-5-3-2-4-6-11/h2-7,12-13H,8-9H2,1H3,(H,20,21)/t12-,13-/m0/s1. The molecule has 0 radical (unpaired) electrons. The number of amides is 1. The van der Waals surface area contributed by atoms with Gasteiger partial charge in [0, 0.05) is 19.0 Å². The van der Waals surface area contributed by atoms with E-state index in [4.69, 9.17) is 0 Å². The van der Waals surface area contributed by atoms with Gasteiger partial charge in [-0.1, -0.05) is 30.3 Å². The number of nitrogens with zero attached hydrogens (tertiary/aromatic N) is 2. The third-order valence-electron chi connectivity index (χ3n) is 3.98. The Bertz CT molecular complexity index is 698. The number of aryl methyl sites for hydroxylation is 1. The van der Waals surface area contributed by atoms with Crippen molar-refractivity contribution in [2.24, 2.45) is 5.92 Å². The van der Waals surface area contributed by atoms with Crippen LogP contribution in [0.5, 0.6) is 0 Å². The predicted molar refractivity (Wildman–Crippen MR) is 83.1 cm³/mol. The van der Waals surface area contributed by atoms with Crippen LogP contribution in [0.15, 0.2) is 36.5 Å². The van der Waals surface area contributed by atoms with Crippen molar-refractivity contribution in [3.8, 4) is 0 Å². The van der Waals surface area contributed by atoms with Gasteiger partial charge in [-0.2, -0.15) is 0 Å². The van der Waals surface area contributed by atoms with E-state index in [1.807, 2.05) is 37.3 Å². The van der Waals surface area contributed by atoms with Crippen LogP contribution < -0.4 is 0 Å². The number of carbonyl (C=O) groups is 2. The van der Waals surface area contributed by atoms with Crippen molar-refractivity contribution in [1.29, 1.82) is 0 Å². The number of carboxylic acids is 1. The Morgan fingerprint density at radius 3 is 2.59 bits per heavy atom. The molecule has 1 aliphatic heterocycles. The van der Waals surface area contributed by atoms with Crippen molar-refractivity contribution in [2.75, 3.05) is 13.1 Å². The molecule has 1 amide bonds. The van der Waals surface area contributed by atoms with Crippen LogP contribution in [0.1, 0.15) is 26.2 Å². The average molecular weight is 316 g/mol. The monoisotopic (exact) mass is 316 g/mol. The molecule has 1 saturated heterocycles. The molecule has 0 aliphatic carbocycles. The molecule has 22 heavy (non-hydrogen) atoms. The number of thiazole rings is 1. The first kappa shape index (κ1) is 14.7. The van der Waals surface area contributed by atoms with Crippen molar-refractivity contribution in [2.45, 2.75) is 12.8 Å². The first-order valence-electron chi connectivity index (χ1n) is 7.05. The summed E-state index contributed by atoms with van der Waals surface area (Å²) in [5.74, 6) is -1.73. The van der Waals surface area contributed by atoms with Crippen molar-refractivity contribution in [1.82, 2.24) is 9.88 Å². The molecule has 2 aromatic rings. The molecular weight excluding hydrogens is 300 g/mol. The summed E-state index contributed by atoms with van der Waals surface area (Å²) in [7, 11) is 0. The quantitative estimate of drug-likeness (QED) is 0.944. The number of hydrogen-bond donors (Lipinski definition) is 1. The maximum atomic E-state index is 12.5. The largest absolute Gasteiger partial charge is 0.481 e. The van der Waals surface area contributed by atoms with E-state index >= 15 is 0 Å². The normalized spacial score (nSPS) is 21.0. The van der Waals surface area contributed by atoms with Gasteiger partial charge in [-0.3, -0.25) is 9.59 Å². The van der Waals surface area contributed by atoms with E-state index < -0.39 is 11.9 Å². The highest BCUT2D eigenvalue weighted by Gasteiger charge is 2.40.